The lowest BCUT2D eigenvalue weighted by Crippen LogP contribution is -2.52. The number of rotatable bonds is 39. The van der Waals surface area contributed by atoms with Crippen LogP contribution in [0.3, 0.4) is 0 Å². The summed E-state index contributed by atoms with van der Waals surface area (Å²) >= 11 is 0. The summed E-state index contributed by atoms with van der Waals surface area (Å²) in [5, 5.41) is 17.8. The van der Waals surface area contributed by atoms with Gasteiger partial charge in [0, 0.05) is 41.8 Å². The SMILES string of the molecule is CNCOCN(CC(=O)NC)C(=O)CN(CC(=O)N(CCONC)CC(=O)NC)C(=O)COCCOCC(=O)N(CC(=O)N(COCNC)CC(=O)NC)CC(=O)N(COCNC)CC(=O)NC. The van der Waals surface area contributed by atoms with Crippen molar-refractivity contribution in [3.05, 3.63) is 0 Å². The van der Waals surface area contributed by atoms with Crippen LogP contribution in [-0.2, 0) is 76.5 Å². The molecule has 0 radical (unpaired) electrons. The highest BCUT2D eigenvalue weighted by Gasteiger charge is 2.29. The predicted molar refractivity (Wildman–Crippen MR) is 237 cm³/mol. The Bertz CT molecular complexity index is 1380. The van der Waals surface area contributed by atoms with Crippen LogP contribution in [0.1, 0.15) is 0 Å². The van der Waals surface area contributed by atoms with Crippen molar-refractivity contribution in [3.8, 4) is 0 Å². The molecule has 30 nitrogen and oxygen atoms in total. The molecule has 0 unspecified atom stereocenters. The number of carbonyl (C=O) groups excluding carboxylic acids is 10. The Morgan fingerprint density at radius 2 is 0.632 bits per heavy atom. The highest BCUT2D eigenvalue weighted by molar-refractivity contribution is 5.93. The van der Waals surface area contributed by atoms with E-state index in [-0.39, 0.29) is 66.8 Å². The van der Waals surface area contributed by atoms with Crippen molar-refractivity contribution in [2.75, 3.05) is 189 Å². The standard InChI is InChI=1S/C38H72N14O16/c1-39-23-65-26-50(14-30(54)43-5)34(58)18-48(17-33(57)47(9-10-68-46-8)13-29(53)42-4)37(61)21-63-11-12-64-22-38(62)49(19-35(59)51(15-31(55)44-6)27-66-24-40-2)20-36(60)52(16-32(56)45-7)28-67-25-41-3/h39-41,46H,9-28H2,1-8H3,(H,42,53)(H,43,54)(H,44,55)(H,45,56). The van der Waals surface area contributed by atoms with Gasteiger partial charge in [0.2, 0.25) is 59.1 Å². The van der Waals surface area contributed by atoms with Gasteiger partial charge in [-0.15, -0.1) is 0 Å². The lowest BCUT2D eigenvalue weighted by Gasteiger charge is -2.29. The number of hydrogen-bond donors (Lipinski definition) is 8. The van der Waals surface area contributed by atoms with Gasteiger partial charge in [-0.1, -0.05) is 0 Å². The minimum atomic E-state index is -0.862. The lowest BCUT2D eigenvalue weighted by atomic mass is 10.3. The van der Waals surface area contributed by atoms with Gasteiger partial charge in [-0.25, -0.2) is 5.48 Å². The van der Waals surface area contributed by atoms with Gasteiger partial charge in [0.25, 0.3) is 0 Å². The molecule has 0 atom stereocenters. The number of hydroxylamine groups is 1. The fraction of sp³-hybridized carbons (Fsp3) is 0.737. The zero-order valence-electron chi connectivity index (χ0n) is 40.4. The average Bonchev–Trinajstić information content (AvgIpc) is 3.32. The van der Waals surface area contributed by atoms with E-state index in [9.17, 15) is 47.9 Å². The number of ether oxygens (including phenoxy) is 5. The summed E-state index contributed by atoms with van der Waals surface area (Å²) in [6, 6.07) is 0. The fourth-order valence-corrected chi connectivity index (χ4v) is 5.09. The van der Waals surface area contributed by atoms with E-state index in [1.54, 1.807) is 21.1 Å². The number of hydrogen-bond acceptors (Lipinski definition) is 20. The van der Waals surface area contributed by atoms with E-state index >= 15 is 0 Å². The number of carbonyl (C=O) groups is 10. The largest absolute Gasteiger partial charge is 0.369 e. The number of nitrogens with one attached hydrogen (secondary N) is 8. The number of amides is 10. The normalized spacial score (nSPS) is 10.6. The van der Waals surface area contributed by atoms with Crippen LogP contribution in [0, 0.1) is 0 Å². The van der Waals surface area contributed by atoms with E-state index in [1.807, 2.05) is 0 Å². The molecule has 0 heterocycles. The van der Waals surface area contributed by atoms with Gasteiger partial charge in [-0.05, 0) is 21.1 Å². The van der Waals surface area contributed by atoms with Gasteiger partial charge in [0.05, 0.1) is 46.6 Å². The van der Waals surface area contributed by atoms with Crippen molar-refractivity contribution < 1.29 is 76.5 Å². The third-order valence-corrected chi connectivity index (χ3v) is 8.79. The molecule has 0 saturated carbocycles. The number of likely N-dealkylation sites (N-methyl/N-ethyl adjacent to an activating group) is 4. The molecule has 0 rings (SSSR count). The molecule has 0 aromatic rings. The van der Waals surface area contributed by atoms with E-state index in [0.717, 1.165) is 29.4 Å². The molecule has 8 N–H and O–H groups in total. The zero-order valence-corrected chi connectivity index (χ0v) is 40.4. The molecule has 390 valence electrons. The fourth-order valence-electron chi connectivity index (χ4n) is 5.09. The van der Waals surface area contributed by atoms with Crippen molar-refractivity contribution in [1.29, 1.82) is 0 Å². The quantitative estimate of drug-likeness (QED) is 0.0161. The van der Waals surface area contributed by atoms with Gasteiger partial charge in [-0.3, -0.25) is 63.9 Å². The highest BCUT2D eigenvalue weighted by atomic mass is 16.6. The molecule has 0 saturated heterocycles. The molecule has 0 aliphatic rings. The molecule has 0 aromatic heterocycles. The molecule has 0 aliphatic heterocycles. The summed E-state index contributed by atoms with van der Waals surface area (Å²) in [6.07, 6.45) is 0. The molecular formula is C38H72N14O16. The summed E-state index contributed by atoms with van der Waals surface area (Å²) in [5.41, 5.74) is 2.45. The summed E-state index contributed by atoms with van der Waals surface area (Å²) in [4.78, 5) is 141. The third kappa shape index (κ3) is 27.8. The van der Waals surface area contributed by atoms with Crippen molar-refractivity contribution in [2.24, 2.45) is 0 Å². The van der Waals surface area contributed by atoms with Crippen LogP contribution >= 0.6 is 0 Å². The lowest BCUT2D eigenvalue weighted by molar-refractivity contribution is -0.153. The molecule has 0 spiro atoms. The summed E-state index contributed by atoms with van der Waals surface area (Å²) in [6.45, 7) is -7.72. The van der Waals surface area contributed by atoms with Crippen LogP contribution in [0.2, 0.25) is 0 Å². The summed E-state index contributed by atoms with van der Waals surface area (Å²) in [5.74, 6) is -6.91. The highest BCUT2D eigenvalue weighted by Crippen LogP contribution is 2.04. The zero-order chi connectivity index (χ0) is 51.3. The molecule has 0 aliphatic carbocycles. The number of nitrogens with zero attached hydrogens (tertiary/aromatic N) is 6. The first-order chi connectivity index (χ1) is 32.5. The van der Waals surface area contributed by atoms with E-state index in [1.165, 1.54) is 35.2 Å². The van der Waals surface area contributed by atoms with Crippen LogP contribution in [0.4, 0.5) is 0 Å². The van der Waals surface area contributed by atoms with Crippen LogP contribution in [0.5, 0.6) is 0 Å². The molecule has 68 heavy (non-hydrogen) atoms. The first kappa shape index (κ1) is 62.3. The summed E-state index contributed by atoms with van der Waals surface area (Å²) < 4.78 is 27.1. The van der Waals surface area contributed by atoms with Gasteiger partial charge in [-0.2, -0.15) is 0 Å². The van der Waals surface area contributed by atoms with E-state index in [2.05, 4.69) is 42.7 Å². The third-order valence-electron chi connectivity index (χ3n) is 8.79. The van der Waals surface area contributed by atoms with Crippen LogP contribution in [-0.4, -0.2) is 277 Å². The Balaban J connectivity index is 6.23. The summed E-state index contributed by atoms with van der Waals surface area (Å²) in [7, 11) is 11.8. The second-order valence-electron chi connectivity index (χ2n) is 13.9. The van der Waals surface area contributed by atoms with E-state index < -0.39 is 125 Å². The molecule has 0 bridgehead atoms. The predicted octanol–water partition coefficient (Wildman–Crippen LogP) is -8.42. The van der Waals surface area contributed by atoms with Gasteiger partial charge < -0.3 is 79.2 Å². The van der Waals surface area contributed by atoms with E-state index in [0.29, 0.717) is 0 Å². The maximum atomic E-state index is 13.6. The minimum absolute atomic E-state index is 0.0185. The first-order valence-electron chi connectivity index (χ1n) is 21.2. The maximum Gasteiger partial charge on any atom is 0.249 e. The van der Waals surface area contributed by atoms with Crippen molar-refractivity contribution >= 4 is 59.1 Å². The first-order valence-corrected chi connectivity index (χ1v) is 21.2. The molecule has 0 fully saturated rings. The van der Waals surface area contributed by atoms with Crippen LogP contribution < -0.4 is 42.7 Å². The Kier molecular flexibility index (Phi) is 35.1. The van der Waals surface area contributed by atoms with E-state index in [4.69, 9.17) is 28.5 Å². The van der Waals surface area contributed by atoms with Crippen molar-refractivity contribution in [3.63, 3.8) is 0 Å². The molecule has 10 amide bonds. The molecular weight excluding hydrogens is 908 g/mol. The minimum Gasteiger partial charge on any atom is -0.369 e. The second-order valence-corrected chi connectivity index (χ2v) is 13.9. The van der Waals surface area contributed by atoms with Crippen molar-refractivity contribution in [1.82, 2.24) is 72.1 Å². The Morgan fingerprint density at radius 3 is 0.912 bits per heavy atom. The second kappa shape index (κ2) is 38.3. The average molecular weight is 981 g/mol. The van der Waals surface area contributed by atoms with Crippen LogP contribution in [0.25, 0.3) is 0 Å². The smallest absolute Gasteiger partial charge is 0.249 e. The maximum absolute atomic E-state index is 13.6. The molecule has 30 heteroatoms. The Labute approximate surface area is 395 Å². The monoisotopic (exact) mass is 981 g/mol. The molecule has 0 aromatic carbocycles. The van der Waals surface area contributed by atoms with Gasteiger partial charge in [0.15, 0.2) is 0 Å². The van der Waals surface area contributed by atoms with Gasteiger partial charge in [0.1, 0.15) is 79.2 Å². The topological polar surface area (TPSA) is 342 Å². The Hall–Kier alpha value is -5.70. The van der Waals surface area contributed by atoms with Gasteiger partial charge >= 0.3 is 0 Å². The van der Waals surface area contributed by atoms with Crippen molar-refractivity contribution in [2.45, 2.75) is 0 Å². The Morgan fingerprint density at radius 1 is 0.338 bits per heavy atom. The van der Waals surface area contributed by atoms with Crippen LogP contribution in [0.15, 0.2) is 0 Å².